The predicted molar refractivity (Wildman–Crippen MR) is 192 cm³/mol. The summed E-state index contributed by atoms with van der Waals surface area (Å²) >= 11 is 0. The minimum atomic E-state index is -4.40. The van der Waals surface area contributed by atoms with Crippen LogP contribution in [-0.2, 0) is 37.5 Å². The second-order valence-electron chi connectivity index (χ2n) is 12.1. The molecule has 10 nitrogen and oxygen atoms in total. The summed E-state index contributed by atoms with van der Waals surface area (Å²) in [6.07, 6.45) is 30.0. The zero-order chi connectivity index (χ0) is 35.6. The standard InChI is InChI=1S/C37H66NO9P/c1-3-5-7-9-11-12-13-14-16-20-24-28-36(40)44-32-35(33-46-48(42,43)45-31-30-38)47-37(41)29-25-21-17-19-23-27-34(39)26-22-18-15-10-8-6-4-2/h9,11,15,18,22,26,35H,3-8,10,12-14,16-17,19-21,23-25,27-33,38H2,1-2H3,(H,42,43)/b11-9-,18-15-,26-22+/t35-/m1/s1. The van der Waals surface area contributed by atoms with Crippen LogP contribution in [0.15, 0.2) is 36.5 Å². The Morgan fingerprint density at radius 2 is 1.23 bits per heavy atom. The summed E-state index contributed by atoms with van der Waals surface area (Å²) < 4.78 is 32.5. The quantitative estimate of drug-likeness (QED) is 0.0166. The van der Waals surface area contributed by atoms with Crippen LogP contribution in [-0.4, -0.2) is 55.1 Å². The molecule has 0 rings (SSSR count). The predicted octanol–water partition coefficient (Wildman–Crippen LogP) is 9.00. The first kappa shape index (κ1) is 45.9. The number of carbonyl (C=O) groups is 3. The minimum absolute atomic E-state index is 0.0320. The van der Waals surface area contributed by atoms with Gasteiger partial charge >= 0.3 is 19.8 Å². The molecule has 0 saturated heterocycles. The van der Waals surface area contributed by atoms with E-state index in [-0.39, 0.29) is 38.4 Å². The van der Waals surface area contributed by atoms with Crippen LogP contribution < -0.4 is 5.73 Å². The molecule has 0 heterocycles. The van der Waals surface area contributed by atoms with E-state index in [4.69, 9.17) is 24.3 Å². The molecule has 0 spiro atoms. The number of carbonyl (C=O) groups excluding carboxylic acids is 3. The Labute approximate surface area is 290 Å². The fourth-order valence-corrected chi connectivity index (χ4v) is 5.42. The molecule has 1 unspecified atom stereocenters. The zero-order valence-corrected chi connectivity index (χ0v) is 30.9. The van der Waals surface area contributed by atoms with Gasteiger partial charge in [-0.05, 0) is 57.4 Å². The minimum Gasteiger partial charge on any atom is -0.462 e. The molecule has 0 aliphatic heterocycles. The lowest BCUT2D eigenvalue weighted by Crippen LogP contribution is -2.29. The fraction of sp³-hybridized carbons (Fsp3) is 0.757. The molecule has 0 bridgehead atoms. The van der Waals surface area contributed by atoms with Crippen LogP contribution in [0.25, 0.3) is 0 Å². The summed E-state index contributed by atoms with van der Waals surface area (Å²) in [6.45, 7) is 3.46. The summed E-state index contributed by atoms with van der Waals surface area (Å²) in [7, 11) is -4.40. The Morgan fingerprint density at radius 1 is 0.667 bits per heavy atom. The van der Waals surface area contributed by atoms with Crippen LogP contribution in [0.3, 0.4) is 0 Å². The van der Waals surface area contributed by atoms with Crippen LogP contribution in [0, 0.1) is 0 Å². The highest BCUT2D eigenvalue weighted by molar-refractivity contribution is 7.47. The molecule has 0 aliphatic carbocycles. The highest BCUT2D eigenvalue weighted by Gasteiger charge is 2.25. The number of hydrogen-bond acceptors (Lipinski definition) is 9. The van der Waals surface area contributed by atoms with Gasteiger partial charge in [0.2, 0.25) is 0 Å². The van der Waals surface area contributed by atoms with Crippen molar-refractivity contribution in [3.8, 4) is 0 Å². The van der Waals surface area contributed by atoms with Gasteiger partial charge in [0.1, 0.15) is 6.61 Å². The number of phosphoric ester groups is 1. The lowest BCUT2D eigenvalue weighted by Gasteiger charge is -2.19. The third-order valence-corrected chi connectivity index (χ3v) is 8.46. The van der Waals surface area contributed by atoms with E-state index < -0.39 is 32.5 Å². The van der Waals surface area contributed by atoms with Gasteiger partial charge in [-0.25, -0.2) is 4.57 Å². The molecule has 0 aromatic rings. The molecule has 11 heteroatoms. The van der Waals surface area contributed by atoms with Gasteiger partial charge in [0.15, 0.2) is 11.9 Å². The molecule has 0 aromatic heterocycles. The van der Waals surface area contributed by atoms with Crippen molar-refractivity contribution in [2.24, 2.45) is 5.73 Å². The van der Waals surface area contributed by atoms with Gasteiger partial charge < -0.3 is 20.1 Å². The van der Waals surface area contributed by atoms with Crippen molar-refractivity contribution in [1.82, 2.24) is 0 Å². The number of allylic oxidation sites excluding steroid dienone is 6. The molecule has 0 aromatic carbocycles. The van der Waals surface area contributed by atoms with E-state index in [1.165, 1.54) is 32.1 Å². The van der Waals surface area contributed by atoms with E-state index in [1.807, 2.05) is 12.2 Å². The summed E-state index contributed by atoms with van der Waals surface area (Å²) in [5.74, 6) is -0.823. The molecule has 278 valence electrons. The number of nitrogens with two attached hydrogens (primary N) is 1. The van der Waals surface area contributed by atoms with Gasteiger partial charge in [-0.3, -0.25) is 23.4 Å². The molecule has 0 saturated carbocycles. The molecule has 48 heavy (non-hydrogen) atoms. The maximum atomic E-state index is 12.5. The Morgan fingerprint density at radius 3 is 1.90 bits per heavy atom. The van der Waals surface area contributed by atoms with E-state index in [1.54, 1.807) is 6.08 Å². The van der Waals surface area contributed by atoms with Crippen molar-refractivity contribution >= 4 is 25.5 Å². The summed E-state index contributed by atoms with van der Waals surface area (Å²) in [4.78, 5) is 46.6. The molecule has 0 radical (unpaired) electrons. The monoisotopic (exact) mass is 699 g/mol. The van der Waals surface area contributed by atoms with Gasteiger partial charge in [0, 0.05) is 25.8 Å². The largest absolute Gasteiger partial charge is 0.472 e. The highest BCUT2D eigenvalue weighted by atomic mass is 31.2. The first-order valence-corrected chi connectivity index (χ1v) is 19.9. The third kappa shape index (κ3) is 32.4. The van der Waals surface area contributed by atoms with Crippen molar-refractivity contribution in [1.29, 1.82) is 0 Å². The molecular weight excluding hydrogens is 633 g/mol. The van der Waals surface area contributed by atoms with E-state index in [0.29, 0.717) is 19.3 Å². The third-order valence-electron chi connectivity index (χ3n) is 7.47. The fourth-order valence-electron chi connectivity index (χ4n) is 4.65. The van der Waals surface area contributed by atoms with Gasteiger partial charge in [-0.1, -0.05) is 108 Å². The number of phosphoric acid groups is 1. The summed E-state index contributed by atoms with van der Waals surface area (Å²) in [5.41, 5.74) is 5.31. The molecular formula is C37H66NO9P. The SMILES string of the molecule is CCCC/C=C\CCCCCCCC(=O)OC[C@H](COP(=O)(O)OCCN)OC(=O)CCCCCCCC(=O)/C=C/C=C\CCCCC. The Kier molecular flexibility index (Phi) is 31.9. The van der Waals surface area contributed by atoms with Gasteiger partial charge in [-0.2, -0.15) is 0 Å². The average Bonchev–Trinajstić information content (AvgIpc) is 3.06. The van der Waals surface area contributed by atoms with E-state index in [9.17, 15) is 23.8 Å². The zero-order valence-electron chi connectivity index (χ0n) is 30.0. The molecule has 0 fully saturated rings. The van der Waals surface area contributed by atoms with E-state index in [2.05, 4.69) is 32.1 Å². The number of esters is 2. The van der Waals surface area contributed by atoms with Crippen LogP contribution in [0.2, 0.25) is 0 Å². The van der Waals surface area contributed by atoms with Crippen LogP contribution in [0.4, 0.5) is 0 Å². The Hall–Kier alpha value is -2.10. The van der Waals surface area contributed by atoms with E-state index in [0.717, 1.165) is 70.6 Å². The van der Waals surface area contributed by atoms with Crippen molar-refractivity contribution in [2.45, 2.75) is 155 Å². The molecule has 0 aliphatic rings. The molecule has 2 atom stereocenters. The number of ketones is 1. The first-order chi connectivity index (χ1) is 23.2. The smallest absolute Gasteiger partial charge is 0.462 e. The van der Waals surface area contributed by atoms with Gasteiger partial charge in [0.25, 0.3) is 0 Å². The lowest BCUT2D eigenvalue weighted by atomic mass is 10.1. The lowest BCUT2D eigenvalue weighted by molar-refractivity contribution is -0.161. The van der Waals surface area contributed by atoms with Gasteiger partial charge in [0.05, 0.1) is 13.2 Å². The summed E-state index contributed by atoms with van der Waals surface area (Å²) in [6, 6.07) is 0. The van der Waals surface area contributed by atoms with E-state index >= 15 is 0 Å². The average molecular weight is 700 g/mol. The van der Waals surface area contributed by atoms with Crippen LogP contribution in [0.5, 0.6) is 0 Å². The maximum Gasteiger partial charge on any atom is 0.472 e. The Bertz CT molecular complexity index is 951. The maximum absolute atomic E-state index is 12.5. The number of ether oxygens (including phenoxy) is 2. The normalized spacial score (nSPS) is 13.8. The van der Waals surface area contributed by atoms with Crippen molar-refractivity contribution in [3.05, 3.63) is 36.5 Å². The number of unbranched alkanes of at least 4 members (excludes halogenated alkanes) is 14. The second kappa shape index (κ2) is 33.4. The highest BCUT2D eigenvalue weighted by Crippen LogP contribution is 2.43. The molecule has 3 N–H and O–H groups in total. The Balaban J connectivity index is 4.36. The number of hydrogen-bond donors (Lipinski definition) is 2. The summed E-state index contributed by atoms with van der Waals surface area (Å²) in [5, 5.41) is 0. The molecule has 0 amide bonds. The van der Waals surface area contributed by atoms with Gasteiger partial charge in [-0.15, -0.1) is 0 Å². The first-order valence-electron chi connectivity index (χ1n) is 18.4. The van der Waals surface area contributed by atoms with Crippen molar-refractivity contribution in [2.75, 3.05) is 26.4 Å². The van der Waals surface area contributed by atoms with Crippen molar-refractivity contribution in [3.63, 3.8) is 0 Å². The second-order valence-corrected chi connectivity index (χ2v) is 13.6. The van der Waals surface area contributed by atoms with Crippen LogP contribution in [0.1, 0.15) is 149 Å². The number of rotatable bonds is 34. The van der Waals surface area contributed by atoms with Crippen LogP contribution >= 0.6 is 7.82 Å². The topological polar surface area (TPSA) is 151 Å². The van der Waals surface area contributed by atoms with Crippen molar-refractivity contribution < 1.29 is 42.4 Å².